The van der Waals surface area contributed by atoms with E-state index in [2.05, 4.69) is 38.1 Å². The minimum Gasteiger partial charge on any atom is -0.384 e. The smallest absolute Gasteiger partial charge is 0.166 e. The van der Waals surface area contributed by atoms with Crippen molar-refractivity contribution in [3.05, 3.63) is 46.9 Å². The lowest BCUT2D eigenvalue weighted by molar-refractivity contribution is 0.983. The van der Waals surface area contributed by atoms with E-state index in [1.54, 1.807) is 6.07 Å². The van der Waals surface area contributed by atoms with Gasteiger partial charge in [0.25, 0.3) is 0 Å². The fourth-order valence-corrected chi connectivity index (χ4v) is 2.93. The van der Waals surface area contributed by atoms with Crippen LogP contribution < -0.4 is 5.32 Å². The van der Waals surface area contributed by atoms with Crippen molar-refractivity contribution in [2.75, 3.05) is 11.9 Å². The van der Waals surface area contributed by atoms with E-state index >= 15 is 0 Å². The molecule has 1 aliphatic heterocycles. The van der Waals surface area contributed by atoms with Crippen LogP contribution in [-0.4, -0.2) is 21.1 Å². The molecule has 0 amide bonds. The molecule has 0 aliphatic carbocycles. The van der Waals surface area contributed by atoms with Crippen LogP contribution >= 0.6 is 11.6 Å². The summed E-state index contributed by atoms with van der Waals surface area (Å²) in [4.78, 5) is 8.97. The predicted octanol–water partition coefficient (Wildman–Crippen LogP) is 3.35. The lowest BCUT2D eigenvalue weighted by Gasteiger charge is -2.08. The van der Waals surface area contributed by atoms with Gasteiger partial charge in [0.1, 0.15) is 16.5 Å². The van der Waals surface area contributed by atoms with Crippen LogP contribution in [0.3, 0.4) is 0 Å². The molecule has 0 fully saturated rings. The van der Waals surface area contributed by atoms with Gasteiger partial charge in [-0.2, -0.15) is 0 Å². The maximum Gasteiger partial charge on any atom is 0.166 e. The molecular weight excluding hydrogens is 272 g/mol. The number of nitrogens with zero attached hydrogens (tertiary/aromatic N) is 3. The summed E-state index contributed by atoms with van der Waals surface area (Å²) in [6, 6.07) is 10.1. The van der Waals surface area contributed by atoms with Gasteiger partial charge in [-0.3, -0.25) is 4.57 Å². The van der Waals surface area contributed by atoms with Crippen molar-refractivity contribution in [3.63, 3.8) is 0 Å². The monoisotopic (exact) mass is 284 g/mol. The fourth-order valence-electron chi connectivity index (χ4n) is 2.79. The van der Waals surface area contributed by atoms with E-state index in [1.807, 2.05) is 13.0 Å². The molecule has 0 spiro atoms. The van der Waals surface area contributed by atoms with Gasteiger partial charge in [-0.15, -0.1) is 0 Å². The number of anilines is 1. The van der Waals surface area contributed by atoms with Crippen LogP contribution in [0.2, 0.25) is 5.15 Å². The summed E-state index contributed by atoms with van der Waals surface area (Å²) in [5.41, 5.74) is 5.32. The van der Waals surface area contributed by atoms with E-state index in [9.17, 15) is 0 Å². The molecule has 100 valence electrons. The quantitative estimate of drug-likeness (QED) is 0.697. The third kappa shape index (κ3) is 1.68. The van der Waals surface area contributed by atoms with Gasteiger partial charge in [-0.1, -0.05) is 11.6 Å². The molecule has 1 N–H and O–H groups in total. The van der Waals surface area contributed by atoms with Crippen LogP contribution in [-0.2, 0) is 6.42 Å². The molecule has 3 aromatic rings. The minimum atomic E-state index is 0.487. The molecule has 0 unspecified atom stereocenters. The predicted molar refractivity (Wildman–Crippen MR) is 80.8 cm³/mol. The van der Waals surface area contributed by atoms with Gasteiger partial charge in [0.15, 0.2) is 5.65 Å². The molecule has 0 atom stereocenters. The zero-order valence-corrected chi connectivity index (χ0v) is 11.8. The van der Waals surface area contributed by atoms with Gasteiger partial charge >= 0.3 is 0 Å². The standard InChI is InChI=1S/C15H13ClN4/c1-9-18-13-4-5-14(16)19-15(13)20(9)11-2-3-12-10(8-11)6-7-17-12/h2-5,8,17H,6-7H2,1H3. The van der Waals surface area contributed by atoms with Crippen LogP contribution in [0, 0.1) is 6.92 Å². The Kier molecular flexibility index (Phi) is 2.47. The molecule has 1 aromatic carbocycles. The van der Waals surface area contributed by atoms with Crippen molar-refractivity contribution in [2.45, 2.75) is 13.3 Å². The molecule has 4 rings (SSSR count). The summed E-state index contributed by atoms with van der Waals surface area (Å²) in [6.07, 6.45) is 1.06. The summed E-state index contributed by atoms with van der Waals surface area (Å²) >= 11 is 6.02. The summed E-state index contributed by atoms with van der Waals surface area (Å²) in [6.45, 7) is 2.99. The second-order valence-electron chi connectivity index (χ2n) is 4.99. The second kappa shape index (κ2) is 4.21. The van der Waals surface area contributed by atoms with Gasteiger partial charge in [0.2, 0.25) is 0 Å². The Balaban J connectivity index is 1.97. The summed E-state index contributed by atoms with van der Waals surface area (Å²) < 4.78 is 2.06. The summed E-state index contributed by atoms with van der Waals surface area (Å²) in [5.74, 6) is 0.917. The SMILES string of the molecule is Cc1nc2ccc(Cl)nc2n1-c1ccc2c(c1)CCN2. The van der Waals surface area contributed by atoms with E-state index in [1.165, 1.54) is 11.3 Å². The maximum absolute atomic E-state index is 6.02. The number of aromatic nitrogens is 3. The number of hydrogen-bond acceptors (Lipinski definition) is 3. The highest BCUT2D eigenvalue weighted by atomic mass is 35.5. The molecule has 4 nitrogen and oxygen atoms in total. The number of rotatable bonds is 1. The first kappa shape index (κ1) is 11.7. The molecule has 5 heteroatoms. The number of hydrogen-bond donors (Lipinski definition) is 1. The number of benzene rings is 1. The molecule has 0 bridgehead atoms. The van der Waals surface area contributed by atoms with Gasteiger partial charge in [-0.25, -0.2) is 9.97 Å². The molecule has 3 heterocycles. The lowest BCUT2D eigenvalue weighted by atomic mass is 10.1. The van der Waals surface area contributed by atoms with E-state index in [-0.39, 0.29) is 0 Å². The normalized spacial score (nSPS) is 13.5. The first-order chi connectivity index (χ1) is 9.72. The second-order valence-corrected chi connectivity index (χ2v) is 5.38. The maximum atomic E-state index is 6.02. The Morgan fingerprint density at radius 2 is 2.10 bits per heavy atom. The van der Waals surface area contributed by atoms with E-state index < -0.39 is 0 Å². The van der Waals surface area contributed by atoms with E-state index in [0.29, 0.717) is 5.15 Å². The van der Waals surface area contributed by atoms with E-state index in [0.717, 1.165) is 35.6 Å². The van der Waals surface area contributed by atoms with Crippen LogP contribution in [0.4, 0.5) is 5.69 Å². The van der Waals surface area contributed by atoms with E-state index in [4.69, 9.17) is 11.6 Å². The molecule has 20 heavy (non-hydrogen) atoms. The van der Waals surface area contributed by atoms with Gasteiger partial charge in [0.05, 0.1) is 0 Å². The Bertz CT molecular complexity index is 822. The van der Waals surface area contributed by atoms with Crippen LogP contribution in [0.15, 0.2) is 30.3 Å². The molecule has 2 aromatic heterocycles. The zero-order chi connectivity index (χ0) is 13.7. The molecule has 0 saturated carbocycles. The summed E-state index contributed by atoms with van der Waals surface area (Å²) in [7, 11) is 0. The highest BCUT2D eigenvalue weighted by Gasteiger charge is 2.15. The number of aryl methyl sites for hydroxylation is 1. The highest BCUT2D eigenvalue weighted by molar-refractivity contribution is 6.29. The first-order valence-corrected chi connectivity index (χ1v) is 6.99. The molecule has 0 saturated heterocycles. The van der Waals surface area contributed by atoms with Crippen molar-refractivity contribution in [3.8, 4) is 5.69 Å². The molecule has 0 radical (unpaired) electrons. The fraction of sp³-hybridized carbons (Fsp3) is 0.200. The first-order valence-electron chi connectivity index (χ1n) is 6.61. The van der Waals surface area contributed by atoms with Crippen molar-refractivity contribution in [1.29, 1.82) is 0 Å². The topological polar surface area (TPSA) is 42.7 Å². The number of nitrogens with one attached hydrogen (secondary N) is 1. The average Bonchev–Trinajstić information content (AvgIpc) is 3.00. The molecular formula is C15H13ClN4. The van der Waals surface area contributed by atoms with Crippen molar-refractivity contribution in [2.24, 2.45) is 0 Å². The van der Waals surface area contributed by atoms with Crippen LogP contribution in [0.5, 0.6) is 0 Å². The van der Waals surface area contributed by atoms with Crippen LogP contribution in [0.1, 0.15) is 11.4 Å². The lowest BCUT2D eigenvalue weighted by Crippen LogP contribution is -1.99. The molecule has 1 aliphatic rings. The number of halogens is 1. The van der Waals surface area contributed by atoms with Crippen LogP contribution in [0.25, 0.3) is 16.9 Å². The highest BCUT2D eigenvalue weighted by Crippen LogP contribution is 2.27. The van der Waals surface area contributed by atoms with Crippen molar-refractivity contribution in [1.82, 2.24) is 14.5 Å². The number of pyridine rings is 1. The average molecular weight is 285 g/mol. The Morgan fingerprint density at radius 3 is 3.00 bits per heavy atom. The Morgan fingerprint density at radius 1 is 1.20 bits per heavy atom. The van der Waals surface area contributed by atoms with Gasteiger partial charge in [0, 0.05) is 17.9 Å². The largest absolute Gasteiger partial charge is 0.384 e. The number of fused-ring (bicyclic) bond motifs is 2. The Labute approximate surface area is 121 Å². The summed E-state index contributed by atoms with van der Waals surface area (Å²) in [5, 5.41) is 3.86. The number of imidazole rings is 1. The van der Waals surface area contributed by atoms with Crippen molar-refractivity contribution >= 4 is 28.5 Å². The van der Waals surface area contributed by atoms with Crippen molar-refractivity contribution < 1.29 is 0 Å². The van der Waals surface area contributed by atoms with Gasteiger partial charge < -0.3 is 5.32 Å². The Hall–Kier alpha value is -2.07. The third-order valence-corrected chi connectivity index (χ3v) is 3.91. The minimum absolute atomic E-state index is 0.487. The third-order valence-electron chi connectivity index (χ3n) is 3.70. The van der Waals surface area contributed by atoms with Gasteiger partial charge in [-0.05, 0) is 49.2 Å². The zero-order valence-electron chi connectivity index (χ0n) is 11.0.